The topological polar surface area (TPSA) is 43.6 Å². The number of allylic oxidation sites excluding steroid dienone is 4. The van der Waals surface area contributed by atoms with Crippen LogP contribution < -0.4 is 0 Å². The van der Waals surface area contributed by atoms with Gasteiger partial charge in [-0.3, -0.25) is 4.57 Å². The van der Waals surface area contributed by atoms with E-state index in [0.29, 0.717) is 17.6 Å². The number of nitrogens with zero attached hydrogens (tertiary/aromatic N) is 4. The van der Waals surface area contributed by atoms with Crippen molar-refractivity contribution in [3.63, 3.8) is 0 Å². The highest BCUT2D eigenvalue weighted by Gasteiger charge is 2.22. The molecule has 4 heteroatoms. The van der Waals surface area contributed by atoms with Crippen LogP contribution in [0.2, 0.25) is 0 Å². The van der Waals surface area contributed by atoms with Gasteiger partial charge in [0.05, 0.1) is 11.0 Å². The van der Waals surface area contributed by atoms with Gasteiger partial charge in [0.25, 0.3) is 0 Å². The van der Waals surface area contributed by atoms with Gasteiger partial charge in [0.2, 0.25) is 5.95 Å². The van der Waals surface area contributed by atoms with Crippen molar-refractivity contribution in [3.05, 3.63) is 200 Å². The fourth-order valence-electron chi connectivity index (χ4n) is 7.49. The normalized spacial score (nSPS) is 11.5. The number of hydrogen-bond acceptors (Lipinski definition) is 3. The van der Waals surface area contributed by atoms with Crippen molar-refractivity contribution in [2.24, 2.45) is 0 Å². The lowest BCUT2D eigenvalue weighted by Crippen LogP contribution is -2.07. The minimum atomic E-state index is 0.561. The largest absolute Gasteiger partial charge is 0.277 e. The minimum absolute atomic E-state index is 0.561. The molecule has 0 saturated carbocycles. The predicted octanol–water partition coefficient (Wildman–Crippen LogP) is 14.3. The van der Waals surface area contributed by atoms with Gasteiger partial charge in [0.1, 0.15) is 0 Å². The molecule has 0 N–H and O–H groups in total. The van der Waals surface area contributed by atoms with E-state index < -0.39 is 0 Å². The van der Waals surface area contributed by atoms with Gasteiger partial charge < -0.3 is 0 Å². The maximum absolute atomic E-state index is 5.34. The lowest BCUT2D eigenvalue weighted by molar-refractivity contribution is 0.954. The first-order valence-corrected chi connectivity index (χ1v) is 19.7. The molecule has 57 heavy (non-hydrogen) atoms. The van der Waals surface area contributed by atoms with Crippen molar-refractivity contribution in [2.45, 2.75) is 27.7 Å². The Morgan fingerprint density at radius 1 is 0.456 bits per heavy atom. The molecule has 0 saturated heterocycles. The summed E-state index contributed by atoms with van der Waals surface area (Å²) in [6.07, 6.45) is 6.32. The van der Waals surface area contributed by atoms with Crippen LogP contribution in [0.4, 0.5) is 0 Å². The second kappa shape index (κ2) is 16.7. The van der Waals surface area contributed by atoms with E-state index in [2.05, 4.69) is 187 Å². The van der Waals surface area contributed by atoms with E-state index in [1.54, 1.807) is 0 Å². The molecule has 2 heterocycles. The van der Waals surface area contributed by atoms with E-state index >= 15 is 0 Å². The molecule has 9 aromatic rings. The van der Waals surface area contributed by atoms with Gasteiger partial charge >= 0.3 is 0 Å². The molecule has 7 aromatic carbocycles. The standard InChI is InChI=1S/C51H38N4.C2H6/c1-3-18-35(4-2)40-27-17-28-42(31-40)50-52-49(39-25-15-8-16-26-39)53-51(54-50)55-47-30-29-41(36-19-9-5-10-20-36)32-45(47)46-34-43(37-21-11-6-12-22-37)33-44(48(46)55)38-23-13-7-14-24-38;1-2/h3-34H,1-2H3;1-2H3/b18-3-,35-4+;. The first kappa shape index (κ1) is 36.8. The SMILES string of the molecule is C/C=C\C(=C/C)c1cccc(-c2nc(-c3ccccc3)nc(-n3c4ccc(-c5ccccc5)cc4c4cc(-c5ccccc5)cc(-c5ccccc5)c43)n2)c1.CC. The predicted molar refractivity (Wildman–Crippen MR) is 241 cm³/mol. The van der Waals surface area contributed by atoms with Crippen molar-refractivity contribution in [1.82, 2.24) is 19.5 Å². The summed E-state index contributed by atoms with van der Waals surface area (Å²) in [5, 5.41) is 2.25. The Labute approximate surface area is 335 Å². The molecule has 0 aliphatic carbocycles. The number of aromatic nitrogens is 4. The lowest BCUT2D eigenvalue weighted by Gasteiger charge is -2.14. The molecule has 4 nitrogen and oxygen atoms in total. The molecule has 2 aromatic heterocycles. The fourth-order valence-corrected chi connectivity index (χ4v) is 7.49. The van der Waals surface area contributed by atoms with Crippen LogP contribution in [0.15, 0.2) is 194 Å². The van der Waals surface area contributed by atoms with Crippen molar-refractivity contribution < 1.29 is 0 Å². The van der Waals surface area contributed by atoms with E-state index in [9.17, 15) is 0 Å². The molecule has 0 aliphatic rings. The summed E-state index contributed by atoms with van der Waals surface area (Å²) in [5.74, 6) is 1.79. The van der Waals surface area contributed by atoms with Crippen LogP contribution in [0.3, 0.4) is 0 Å². The summed E-state index contributed by atoms with van der Waals surface area (Å²) in [4.78, 5) is 15.8. The second-order valence-corrected chi connectivity index (χ2v) is 13.6. The molecule has 0 bridgehead atoms. The van der Waals surface area contributed by atoms with Gasteiger partial charge in [0.15, 0.2) is 11.6 Å². The summed E-state index contributed by atoms with van der Waals surface area (Å²) in [5.41, 5.74) is 13.0. The van der Waals surface area contributed by atoms with Gasteiger partial charge in [-0.2, -0.15) is 9.97 Å². The second-order valence-electron chi connectivity index (χ2n) is 13.6. The van der Waals surface area contributed by atoms with Gasteiger partial charge in [-0.1, -0.05) is 178 Å². The zero-order valence-corrected chi connectivity index (χ0v) is 32.8. The number of hydrogen-bond donors (Lipinski definition) is 0. The van der Waals surface area contributed by atoms with Crippen LogP contribution in [0.1, 0.15) is 33.3 Å². The average Bonchev–Trinajstić information content (AvgIpc) is 3.63. The van der Waals surface area contributed by atoms with E-state index in [4.69, 9.17) is 15.0 Å². The summed E-state index contributed by atoms with van der Waals surface area (Å²) in [6.45, 7) is 8.11. The minimum Gasteiger partial charge on any atom is -0.277 e. The summed E-state index contributed by atoms with van der Waals surface area (Å²) < 4.78 is 2.25. The Morgan fingerprint density at radius 3 is 1.61 bits per heavy atom. The van der Waals surface area contributed by atoms with Gasteiger partial charge in [-0.15, -0.1) is 0 Å². The van der Waals surface area contributed by atoms with Gasteiger partial charge in [0, 0.05) is 27.5 Å². The van der Waals surface area contributed by atoms with Crippen molar-refractivity contribution >= 4 is 27.4 Å². The summed E-state index contributed by atoms with van der Waals surface area (Å²) in [7, 11) is 0. The number of fused-ring (bicyclic) bond motifs is 3. The molecule has 0 unspecified atom stereocenters. The quantitative estimate of drug-likeness (QED) is 0.146. The fraction of sp³-hybridized carbons (Fsp3) is 0.0755. The van der Waals surface area contributed by atoms with Crippen LogP contribution in [-0.2, 0) is 0 Å². The highest BCUT2D eigenvalue weighted by Crippen LogP contribution is 2.42. The molecule has 0 fully saturated rings. The molecule has 0 amide bonds. The Morgan fingerprint density at radius 2 is 1.00 bits per heavy atom. The molecular weight excluding hydrogens is 693 g/mol. The average molecular weight is 737 g/mol. The van der Waals surface area contributed by atoms with Crippen molar-refractivity contribution in [1.29, 1.82) is 0 Å². The van der Waals surface area contributed by atoms with E-state index in [0.717, 1.165) is 71.9 Å². The van der Waals surface area contributed by atoms with Crippen LogP contribution in [0.25, 0.3) is 89.5 Å². The third kappa shape index (κ3) is 7.33. The van der Waals surface area contributed by atoms with Gasteiger partial charge in [-0.25, -0.2) is 4.98 Å². The number of rotatable bonds is 8. The Kier molecular flexibility index (Phi) is 10.8. The molecular formula is C53H44N4. The Balaban J connectivity index is 0.00000224. The van der Waals surface area contributed by atoms with Crippen LogP contribution in [-0.4, -0.2) is 19.5 Å². The van der Waals surface area contributed by atoms with Crippen LogP contribution in [0, 0.1) is 0 Å². The number of benzene rings is 7. The van der Waals surface area contributed by atoms with E-state index in [-0.39, 0.29) is 0 Å². The van der Waals surface area contributed by atoms with Crippen molar-refractivity contribution in [3.8, 4) is 62.1 Å². The molecule has 276 valence electrons. The van der Waals surface area contributed by atoms with E-state index in [1.165, 1.54) is 5.56 Å². The molecule has 0 radical (unpaired) electrons. The first-order valence-electron chi connectivity index (χ1n) is 19.7. The zero-order valence-electron chi connectivity index (χ0n) is 32.8. The summed E-state index contributed by atoms with van der Waals surface area (Å²) >= 11 is 0. The molecule has 0 aliphatic heterocycles. The summed E-state index contributed by atoms with van der Waals surface area (Å²) in [6, 6.07) is 61.9. The Hall–Kier alpha value is -7.17. The monoisotopic (exact) mass is 736 g/mol. The lowest BCUT2D eigenvalue weighted by atomic mass is 9.95. The Bertz CT molecular complexity index is 2850. The molecule has 0 atom stereocenters. The zero-order chi connectivity index (χ0) is 39.1. The third-order valence-electron chi connectivity index (χ3n) is 10.1. The highest BCUT2D eigenvalue weighted by molar-refractivity contribution is 6.16. The first-order chi connectivity index (χ1) is 28.2. The van der Waals surface area contributed by atoms with E-state index in [1.807, 2.05) is 39.0 Å². The highest BCUT2D eigenvalue weighted by atomic mass is 15.2. The van der Waals surface area contributed by atoms with Crippen LogP contribution in [0.5, 0.6) is 0 Å². The smallest absolute Gasteiger partial charge is 0.238 e. The third-order valence-corrected chi connectivity index (χ3v) is 10.1. The van der Waals surface area contributed by atoms with Gasteiger partial charge in [-0.05, 0) is 83.1 Å². The molecule has 0 spiro atoms. The van der Waals surface area contributed by atoms with Crippen LogP contribution >= 0.6 is 0 Å². The van der Waals surface area contributed by atoms with Crippen molar-refractivity contribution in [2.75, 3.05) is 0 Å². The maximum atomic E-state index is 5.34. The maximum Gasteiger partial charge on any atom is 0.238 e. The molecule has 9 rings (SSSR count).